The number of likely N-dealkylation sites (N-methyl/N-ethyl adjacent to an activating group) is 2. The van der Waals surface area contributed by atoms with Crippen molar-refractivity contribution >= 4 is 35.3 Å². The number of benzene rings is 6. The summed E-state index contributed by atoms with van der Waals surface area (Å²) < 4.78 is 362. The molecule has 0 saturated carbocycles. The molecule has 2 aromatic heterocycles. The molecule has 0 fully saturated rings. The molecular formula is C73H78F8N8O4S2. The number of rotatable bonds is 26. The smallest absolute Gasteiger partial charge is 0.336 e. The number of hydrogen-bond acceptors (Lipinski definition) is 10. The molecule has 10 rings (SSSR count). The maximum Gasteiger partial charge on any atom is 0.416 e. The van der Waals surface area contributed by atoms with Gasteiger partial charge in [-0.2, -0.15) is 36.3 Å². The Hall–Kier alpha value is -7.92. The Kier molecular flexibility index (Phi) is 14.4. The summed E-state index contributed by atoms with van der Waals surface area (Å²) in [4.78, 5) is 67.3. The van der Waals surface area contributed by atoms with Crippen LogP contribution in [-0.4, -0.2) is 103 Å². The van der Waals surface area contributed by atoms with Gasteiger partial charge in [0.1, 0.15) is 24.6 Å². The molecule has 0 bridgehead atoms. The van der Waals surface area contributed by atoms with Crippen molar-refractivity contribution in [2.45, 2.75) is 133 Å². The van der Waals surface area contributed by atoms with Crippen LogP contribution in [0.3, 0.4) is 0 Å². The lowest BCUT2D eigenvalue weighted by atomic mass is 9.98. The van der Waals surface area contributed by atoms with Crippen LogP contribution in [0.4, 0.5) is 35.1 Å². The van der Waals surface area contributed by atoms with Crippen molar-refractivity contribution in [3.8, 4) is 22.3 Å². The summed E-state index contributed by atoms with van der Waals surface area (Å²) in [6.07, 6.45) is -20.0. The van der Waals surface area contributed by atoms with E-state index in [0.29, 0.717) is 28.0 Å². The summed E-state index contributed by atoms with van der Waals surface area (Å²) >= 11 is 1.04. The van der Waals surface area contributed by atoms with E-state index in [1.54, 1.807) is 18.7 Å². The van der Waals surface area contributed by atoms with Crippen LogP contribution < -0.4 is 11.1 Å². The van der Waals surface area contributed by atoms with Crippen molar-refractivity contribution in [1.82, 2.24) is 38.7 Å². The van der Waals surface area contributed by atoms with Crippen LogP contribution in [0.5, 0.6) is 0 Å². The maximum atomic E-state index is 15.1. The molecule has 0 unspecified atom stereocenters. The number of aromatic nitrogens is 4. The number of amides is 2. The molecule has 6 aromatic carbocycles. The van der Waals surface area contributed by atoms with Gasteiger partial charge < -0.3 is 28.7 Å². The van der Waals surface area contributed by atoms with Crippen molar-refractivity contribution in [3.63, 3.8) is 0 Å². The summed E-state index contributed by atoms with van der Waals surface area (Å²) in [5.41, 5.74) is -10.8. The SMILES string of the molecule is [2H]C([2H])(C)N(CCN(C(=O)C([2H])([2H])n1c(SCc2ccc(F)cc2)nc(=O)c2c1CCC2)C([2H])([2H])c1ccc(-c2ccc(C(F)(F)F)cc2)cc1)C([2H])([2H])C.[2H]c1c([2H])c(CSc2nc(=O)c3c(n2C([2H])([2H])C(=O)N(CCN(CC)CC)C([2H])([2H])c2c([2H])c([2H])c(-c4c([2H])c([2H])c(C(F)(F)F)c(C)c4[2H])c([2H])c2[2H])C([2H])([2H])C([2H])([2H])C3([2H])[2H])c([2H])c([2H])c1F. The van der Waals surface area contributed by atoms with Crippen molar-refractivity contribution in [2.24, 2.45) is 0 Å². The second-order valence-corrected chi connectivity index (χ2v) is 22.5. The Balaban J connectivity index is 0.000000288. The van der Waals surface area contributed by atoms with E-state index < -0.39 is 252 Å². The molecule has 0 saturated heterocycles. The average molecular weight is 1380 g/mol. The van der Waals surface area contributed by atoms with Crippen LogP contribution in [0.2, 0.25) is 0 Å². The van der Waals surface area contributed by atoms with E-state index in [2.05, 4.69) is 9.97 Å². The first-order valence-corrected chi connectivity index (χ1v) is 31.1. The fraction of sp³-hybridized carbons (Fsp3) is 0.370. The molecule has 22 heteroatoms. The van der Waals surface area contributed by atoms with Gasteiger partial charge in [-0.05, 0) is 164 Å². The standard InChI is InChI=1S/C37H40F4N4O2S.C36H38F4N4O2S/c1-4-43(5-2)19-20-44(22-26-9-13-28(14-10-26)29-15-18-32(25(3)21-29)37(39,40)41)34(46)23-45-33-8-6-7-31(33)35(47)42-36(45)48-24-27-11-16-30(38)17-12-27;1-3-42(4-2)20-21-43(22-25-8-12-27(13-9-25)28-14-16-29(17-15-28)36(38,39)40)33(45)23-44-32-7-5-6-31(32)34(46)41-35(44)47-24-26-10-18-30(37)19-11-26/h9-18,21H,4-8,19-20,22-24H2,1-3H3;8-19H,3-7,20-24H2,1-2H3/i6D2,7D2,8D2,9D,10D,11D,12D,13D,14D,15D,16D,17D,18D,21D,22D2,23D2;3D2,4D2,22D2,23D2. The molecule has 2 heterocycles. The third kappa shape index (κ3) is 19.0. The van der Waals surface area contributed by atoms with Gasteiger partial charge in [-0.25, -0.2) is 8.78 Å². The van der Waals surface area contributed by atoms with E-state index in [4.69, 9.17) is 28.8 Å². The number of fused-ring (bicyclic) bond motifs is 2. The van der Waals surface area contributed by atoms with Crippen molar-refractivity contribution < 1.29 is 84.5 Å². The zero-order valence-electron chi connectivity index (χ0n) is 80.3. The van der Waals surface area contributed by atoms with Crippen molar-refractivity contribution in [1.29, 1.82) is 0 Å². The zero-order valence-corrected chi connectivity index (χ0v) is 52.9. The summed E-state index contributed by atoms with van der Waals surface area (Å²) in [5, 5.41) is -1.28. The fourth-order valence-electron chi connectivity index (χ4n) is 9.41. The topological polar surface area (TPSA) is 117 Å². The summed E-state index contributed by atoms with van der Waals surface area (Å²) in [7, 11) is 0. The van der Waals surface area contributed by atoms with Gasteiger partial charge in [0.05, 0.1) is 37.2 Å². The second kappa shape index (κ2) is 32.7. The highest BCUT2D eigenvalue weighted by Gasteiger charge is 2.33. The second-order valence-electron chi connectivity index (χ2n) is 20.6. The molecule has 0 spiro atoms. The quantitative estimate of drug-likeness (QED) is 0.0295. The predicted molar refractivity (Wildman–Crippen MR) is 358 cm³/mol. The first-order valence-electron chi connectivity index (χ1n) is 43.6. The van der Waals surface area contributed by atoms with E-state index in [-0.39, 0.29) is 81.4 Å². The largest absolute Gasteiger partial charge is 0.416 e. The van der Waals surface area contributed by atoms with E-state index >= 15 is 4.79 Å². The lowest BCUT2D eigenvalue weighted by Crippen LogP contribution is -2.40. The highest BCUT2D eigenvalue weighted by atomic mass is 32.2. The molecule has 8 aromatic rings. The first-order chi connectivity index (χ1) is 56.8. The van der Waals surface area contributed by atoms with E-state index in [9.17, 15) is 60.5 Å². The predicted octanol–water partition coefficient (Wildman–Crippen LogP) is 14.7. The highest BCUT2D eigenvalue weighted by Crippen LogP contribution is 2.36. The van der Waals surface area contributed by atoms with Gasteiger partial charge >= 0.3 is 12.4 Å². The van der Waals surface area contributed by atoms with Crippen molar-refractivity contribution in [3.05, 3.63) is 233 Å². The lowest BCUT2D eigenvalue weighted by molar-refractivity contribution is -0.138. The zero-order chi connectivity index (χ0) is 93.7. The Morgan fingerprint density at radius 3 is 1.64 bits per heavy atom. The summed E-state index contributed by atoms with van der Waals surface area (Å²) in [6.45, 7) is -14.2. The van der Waals surface area contributed by atoms with Crippen LogP contribution >= 0.6 is 23.5 Å². The number of thioether (sulfide) groups is 2. The number of carbonyl (C=O) groups excluding carboxylic acids is 2. The molecule has 0 aliphatic heterocycles. The summed E-state index contributed by atoms with van der Waals surface area (Å²) in [5.74, 6) is -6.32. The van der Waals surface area contributed by atoms with Crippen LogP contribution in [0.25, 0.3) is 22.3 Å². The molecule has 2 aliphatic carbocycles. The minimum absolute atomic E-state index is 0.0467. The minimum atomic E-state index is -5.24. The van der Waals surface area contributed by atoms with Gasteiger partial charge in [-0.1, -0.05) is 148 Å². The Labute approximate surface area is 598 Å². The number of alkyl halides is 6. The van der Waals surface area contributed by atoms with E-state index in [1.807, 2.05) is 0 Å². The van der Waals surface area contributed by atoms with Crippen LogP contribution in [-0.2, 0) is 85.0 Å². The molecule has 0 N–H and O–H groups in total. The van der Waals surface area contributed by atoms with Gasteiger partial charge in [0.25, 0.3) is 11.1 Å². The fourth-order valence-corrected chi connectivity index (χ4v) is 11.2. The van der Waals surface area contributed by atoms with Crippen LogP contribution in [0.15, 0.2) is 159 Å². The highest BCUT2D eigenvalue weighted by molar-refractivity contribution is 7.98. The molecular weight excluding hydrogens is 1270 g/mol. The molecule has 0 atom stereocenters. The molecule has 2 amide bonds. The number of nitrogens with zero attached hydrogens (tertiary/aromatic N) is 8. The number of halogens is 8. The van der Waals surface area contributed by atoms with Crippen LogP contribution in [0, 0.1) is 18.6 Å². The Bertz CT molecular complexity index is 5500. The average Bonchev–Trinajstić information content (AvgIpc) is 1.51. The van der Waals surface area contributed by atoms with Gasteiger partial charge in [0.15, 0.2) is 10.3 Å². The van der Waals surface area contributed by atoms with E-state index in [0.717, 1.165) is 54.1 Å². The van der Waals surface area contributed by atoms with E-state index in [1.165, 1.54) is 60.7 Å². The Morgan fingerprint density at radius 2 is 1.07 bits per heavy atom. The molecule has 12 nitrogen and oxygen atoms in total. The van der Waals surface area contributed by atoms with Crippen LogP contribution in [0.1, 0.15) is 142 Å². The monoisotopic (exact) mass is 1380 g/mol. The number of hydrogen-bond donors (Lipinski definition) is 0. The maximum absolute atomic E-state index is 15.1. The minimum Gasteiger partial charge on any atom is -0.336 e. The van der Waals surface area contributed by atoms with Crippen molar-refractivity contribution in [2.75, 3.05) is 52.3 Å². The number of carbonyl (C=O) groups is 2. The van der Waals surface area contributed by atoms with Gasteiger partial charge in [0.2, 0.25) is 11.8 Å². The van der Waals surface area contributed by atoms with Gasteiger partial charge in [-0.15, -0.1) is 0 Å². The summed E-state index contributed by atoms with van der Waals surface area (Å²) in [6, 6.07) is 1.79. The van der Waals surface area contributed by atoms with Gasteiger partial charge in [0, 0.05) is 86.9 Å². The normalized spacial score (nSPS) is 19.8. The van der Waals surface area contributed by atoms with Gasteiger partial charge in [-0.3, -0.25) is 19.2 Å². The molecule has 502 valence electrons. The Morgan fingerprint density at radius 1 is 0.558 bits per heavy atom. The molecule has 0 radical (unpaired) electrons. The first kappa shape index (κ1) is 41.9. The third-order valence-corrected chi connectivity index (χ3v) is 16.4. The lowest BCUT2D eigenvalue weighted by Gasteiger charge is -2.28. The third-order valence-electron chi connectivity index (χ3n) is 14.4. The molecule has 95 heavy (non-hydrogen) atoms. The molecule has 2 aliphatic rings.